The molecule has 1 N–H and O–H groups in total. The minimum Gasteiger partial charge on any atom is -0.453 e. The predicted molar refractivity (Wildman–Crippen MR) is 178 cm³/mol. The second-order valence-corrected chi connectivity index (χ2v) is 14.0. The Morgan fingerprint density at radius 2 is 1.65 bits per heavy atom. The molecule has 2 fully saturated rings. The highest BCUT2D eigenvalue weighted by Crippen LogP contribution is 2.47. The SMILES string of the molecule is CC(C)C[C@H](OC(=O)[C@]1(C)CC1NC(=O)OC(C)(C)C)C(=O)/C=C/[C@@H](C/C=C/C(=O)ON1C(=O)CCC1=O)[C@H](C)/C=C/c1ccccc1. The van der Waals surface area contributed by atoms with Crippen molar-refractivity contribution in [3.8, 4) is 0 Å². The van der Waals surface area contributed by atoms with Crippen molar-refractivity contribution < 1.29 is 43.1 Å². The molecule has 1 heterocycles. The third-order valence-electron chi connectivity index (χ3n) is 8.07. The van der Waals surface area contributed by atoms with Crippen LogP contribution in [0, 0.1) is 23.2 Å². The van der Waals surface area contributed by atoms with Gasteiger partial charge < -0.3 is 19.6 Å². The number of imide groups is 1. The average Bonchev–Trinajstić information content (AvgIpc) is 3.56. The van der Waals surface area contributed by atoms with Gasteiger partial charge in [0, 0.05) is 25.0 Å². The topological polar surface area (TPSA) is 145 Å². The lowest BCUT2D eigenvalue weighted by atomic mass is 9.88. The number of amides is 3. The number of hydroxylamine groups is 2. The lowest BCUT2D eigenvalue weighted by Gasteiger charge is -2.22. The number of carbonyl (C=O) groups is 6. The fraction of sp³-hybridized carbons (Fsp3) is 0.514. The van der Waals surface area contributed by atoms with Crippen LogP contribution < -0.4 is 5.32 Å². The molecule has 1 aliphatic heterocycles. The Kier molecular flexibility index (Phi) is 13.1. The number of hydrogen-bond donors (Lipinski definition) is 1. The number of hydrogen-bond acceptors (Lipinski definition) is 9. The first-order chi connectivity index (χ1) is 22.5. The van der Waals surface area contributed by atoms with Gasteiger partial charge in [-0.3, -0.25) is 19.2 Å². The summed E-state index contributed by atoms with van der Waals surface area (Å²) in [4.78, 5) is 79.8. The molecule has 2 aliphatic rings. The van der Waals surface area contributed by atoms with Gasteiger partial charge in [0.15, 0.2) is 11.9 Å². The van der Waals surface area contributed by atoms with Crippen LogP contribution in [0.4, 0.5) is 4.79 Å². The van der Waals surface area contributed by atoms with Gasteiger partial charge in [-0.25, -0.2) is 9.59 Å². The van der Waals surface area contributed by atoms with Crippen LogP contribution in [-0.2, 0) is 38.3 Å². The molecule has 0 aromatic heterocycles. The fourth-order valence-electron chi connectivity index (χ4n) is 5.03. The van der Waals surface area contributed by atoms with Crippen molar-refractivity contribution in [2.75, 3.05) is 0 Å². The molecule has 0 bridgehead atoms. The molecule has 11 nitrogen and oxygen atoms in total. The summed E-state index contributed by atoms with van der Waals surface area (Å²) in [7, 11) is 0. The second-order valence-electron chi connectivity index (χ2n) is 14.0. The molecular formula is C37H48N2O9. The van der Waals surface area contributed by atoms with Crippen LogP contribution in [0.1, 0.15) is 86.1 Å². The van der Waals surface area contributed by atoms with Gasteiger partial charge in [-0.05, 0) is 76.4 Å². The molecule has 1 unspecified atom stereocenters. The molecule has 1 aromatic carbocycles. The number of allylic oxidation sites excluding steroid dienone is 3. The third kappa shape index (κ3) is 11.6. The van der Waals surface area contributed by atoms with Crippen LogP contribution in [0.5, 0.6) is 0 Å². The van der Waals surface area contributed by atoms with Crippen LogP contribution in [0.15, 0.2) is 60.7 Å². The van der Waals surface area contributed by atoms with Crippen LogP contribution in [0.2, 0.25) is 0 Å². The maximum atomic E-state index is 13.5. The van der Waals surface area contributed by atoms with Crippen molar-refractivity contribution in [3.05, 3.63) is 66.3 Å². The Labute approximate surface area is 282 Å². The van der Waals surface area contributed by atoms with E-state index < -0.39 is 53.0 Å². The molecular weight excluding hydrogens is 616 g/mol. The van der Waals surface area contributed by atoms with Gasteiger partial charge >= 0.3 is 18.0 Å². The maximum absolute atomic E-state index is 13.5. The molecule has 0 spiro atoms. The first kappa shape index (κ1) is 37.9. The van der Waals surface area contributed by atoms with E-state index in [1.165, 1.54) is 6.08 Å². The Morgan fingerprint density at radius 1 is 1.00 bits per heavy atom. The normalized spacial score (nSPS) is 21.5. The van der Waals surface area contributed by atoms with Crippen molar-refractivity contribution in [3.63, 3.8) is 0 Å². The van der Waals surface area contributed by atoms with Gasteiger partial charge in [-0.15, -0.1) is 5.06 Å². The average molecular weight is 665 g/mol. The number of ether oxygens (including phenoxy) is 2. The van der Waals surface area contributed by atoms with Gasteiger partial charge in [-0.1, -0.05) is 75.4 Å². The summed E-state index contributed by atoms with van der Waals surface area (Å²) < 4.78 is 11.1. The molecule has 260 valence electrons. The summed E-state index contributed by atoms with van der Waals surface area (Å²) in [5, 5.41) is 3.20. The number of ketones is 1. The van der Waals surface area contributed by atoms with Crippen molar-refractivity contribution in [1.29, 1.82) is 0 Å². The molecule has 1 saturated carbocycles. The first-order valence-corrected chi connectivity index (χ1v) is 16.4. The largest absolute Gasteiger partial charge is 0.453 e. The van der Waals surface area contributed by atoms with E-state index in [2.05, 4.69) is 5.32 Å². The summed E-state index contributed by atoms with van der Waals surface area (Å²) in [6.07, 6.45) is 9.19. The number of benzene rings is 1. The Bertz CT molecular complexity index is 1420. The zero-order chi connectivity index (χ0) is 35.6. The highest BCUT2D eigenvalue weighted by Gasteiger charge is 2.59. The van der Waals surface area contributed by atoms with E-state index in [0.717, 1.165) is 11.6 Å². The summed E-state index contributed by atoms with van der Waals surface area (Å²) in [5.41, 5.74) is -0.657. The predicted octanol–water partition coefficient (Wildman–Crippen LogP) is 5.89. The van der Waals surface area contributed by atoms with E-state index in [-0.39, 0.29) is 36.4 Å². The second kappa shape index (κ2) is 16.5. The number of nitrogens with one attached hydrogen (secondary N) is 1. The molecule has 3 rings (SSSR count). The lowest BCUT2D eigenvalue weighted by molar-refractivity contribution is -0.193. The molecule has 5 atom stereocenters. The maximum Gasteiger partial charge on any atom is 0.407 e. The Morgan fingerprint density at radius 3 is 2.25 bits per heavy atom. The van der Waals surface area contributed by atoms with E-state index >= 15 is 0 Å². The van der Waals surface area contributed by atoms with E-state index in [1.807, 2.05) is 63.3 Å². The van der Waals surface area contributed by atoms with E-state index in [4.69, 9.17) is 14.3 Å². The number of esters is 1. The molecule has 1 aromatic rings. The quantitative estimate of drug-likeness (QED) is 0.138. The number of alkyl carbamates (subject to hydrolysis) is 1. The summed E-state index contributed by atoms with van der Waals surface area (Å²) in [5.74, 6) is -3.23. The van der Waals surface area contributed by atoms with Crippen LogP contribution in [-0.4, -0.2) is 58.4 Å². The number of nitrogens with zero attached hydrogens (tertiary/aromatic N) is 1. The molecule has 0 radical (unpaired) electrons. The number of carbonyl (C=O) groups excluding carboxylic acids is 6. The smallest absolute Gasteiger partial charge is 0.407 e. The van der Waals surface area contributed by atoms with E-state index in [0.29, 0.717) is 24.3 Å². The van der Waals surface area contributed by atoms with E-state index in [9.17, 15) is 28.8 Å². The minimum atomic E-state index is -1.02. The van der Waals surface area contributed by atoms with Crippen molar-refractivity contribution in [2.24, 2.45) is 23.2 Å². The third-order valence-corrected chi connectivity index (χ3v) is 8.07. The molecule has 1 aliphatic carbocycles. The minimum absolute atomic E-state index is 0.00209. The van der Waals surface area contributed by atoms with Crippen LogP contribution >= 0.6 is 0 Å². The Balaban J connectivity index is 1.71. The number of rotatable bonds is 15. The Hall–Kier alpha value is -4.54. The monoisotopic (exact) mass is 664 g/mol. The summed E-state index contributed by atoms with van der Waals surface area (Å²) >= 11 is 0. The van der Waals surface area contributed by atoms with E-state index in [1.54, 1.807) is 39.8 Å². The molecule has 1 saturated heterocycles. The van der Waals surface area contributed by atoms with Crippen molar-refractivity contribution in [2.45, 2.75) is 98.3 Å². The van der Waals surface area contributed by atoms with Gasteiger partial charge in [0.1, 0.15) is 5.60 Å². The van der Waals surface area contributed by atoms with Gasteiger partial charge in [-0.2, -0.15) is 0 Å². The van der Waals surface area contributed by atoms with Crippen LogP contribution in [0.3, 0.4) is 0 Å². The molecule has 3 amide bonds. The van der Waals surface area contributed by atoms with Crippen molar-refractivity contribution >= 4 is 41.7 Å². The van der Waals surface area contributed by atoms with Crippen molar-refractivity contribution in [1.82, 2.24) is 10.4 Å². The van der Waals surface area contributed by atoms with Gasteiger partial charge in [0.25, 0.3) is 11.8 Å². The fourth-order valence-corrected chi connectivity index (χ4v) is 5.03. The zero-order valence-corrected chi connectivity index (χ0v) is 28.9. The highest BCUT2D eigenvalue weighted by molar-refractivity contribution is 6.02. The first-order valence-electron chi connectivity index (χ1n) is 16.4. The zero-order valence-electron chi connectivity index (χ0n) is 28.9. The summed E-state index contributed by atoms with van der Waals surface area (Å²) in [6.45, 7) is 12.8. The van der Waals surface area contributed by atoms with Crippen LogP contribution in [0.25, 0.3) is 6.08 Å². The van der Waals surface area contributed by atoms with Gasteiger partial charge in [0.2, 0.25) is 0 Å². The standard InChI is InChI=1S/C37H48N2O9/c1-24(2)22-29(46-34(44)37(7)23-30(37)38-35(45)47-36(4,5)6)28(40)19-18-27(25(3)16-17-26-12-9-8-10-13-26)14-11-15-33(43)48-39-31(41)20-21-32(39)42/h8-13,15-19,24-25,27,29-30H,14,20-23H2,1-7H3,(H,38,45)/b15-11+,17-16+,19-18+/t25-,27-,29+,30?,37-/m1/s1. The molecule has 11 heteroatoms. The van der Waals surface area contributed by atoms with Gasteiger partial charge in [0.05, 0.1) is 5.41 Å². The summed E-state index contributed by atoms with van der Waals surface area (Å²) in [6, 6.07) is 9.25. The highest BCUT2D eigenvalue weighted by atomic mass is 16.7. The lowest BCUT2D eigenvalue weighted by Crippen LogP contribution is -2.38. The molecule has 48 heavy (non-hydrogen) atoms.